The van der Waals surface area contributed by atoms with E-state index in [9.17, 15) is 9.59 Å². The molecule has 0 radical (unpaired) electrons. The van der Waals surface area contributed by atoms with E-state index in [0.717, 1.165) is 63.6 Å². The van der Waals surface area contributed by atoms with E-state index >= 15 is 0 Å². The maximum atomic E-state index is 13.1. The van der Waals surface area contributed by atoms with Crippen LogP contribution >= 0.6 is 0 Å². The third-order valence-corrected chi connectivity index (χ3v) is 7.59. The van der Waals surface area contributed by atoms with Crippen LogP contribution in [0.2, 0.25) is 0 Å². The molecule has 0 spiro atoms. The van der Waals surface area contributed by atoms with E-state index < -0.39 is 0 Å². The van der Waals surface area contributed by atoms with Crippen LogP contribution in [0.3, 0.4) is 0 Å². The summed E-state index contributed by atoms with van der Waals surface area (Å²) in [5.41, 5.74) is 0.0377. The van der Waals surface area contributed by atoms with Gasteiger partial charge in [0.25, 0.3) is 5.56 Å². The van der Waals surface area contributed by atoms with Gasteiger partial charge in [0.15, 0.2) is 0 Å². The monoisotopic (exact) mass is 493 g/mol. The quantitative estimate of drug-likeness (QED) is 0.554. The number of hydrogen-bond acceptors (Lipinski definition) is 6. The number of rotatable bonds is 8. The summed E-state index contributed by atoms with van der Waals surface area (Å²) in [4.78, 5) is 30.5. The molecular formula is C28H39N5O3. The lowest BCUT2D eigenvalue weighted by Gasteiger charge is -2.39. The van der Waals surface area contributed by atoms with Crippen LogP contribution in [-0.4, -0.2) is 52.4 Å². The number of aromatic nitrogens is 2. The maximum Gasteiger partial charge on any atom is 0.333 e. The van der Waals surface area contributed by atoms with Crippen molar-refractivity contribution in [2.45, 2.75) is 77.5 Å². The van der Waals surface area contributed by atoms with E-state index in [2.05, 4.69) is 15.9 Å². The van der Waals surface area contributed by atoms with Gasteiger partial charge < -0.3 is 9.64 Å². The van der Waals surface area contributed by atoms with Crippen molar-refractivity contribution in [3.63, 3.8) is 0 Å². The van der Waals surface area contributed by atoms with Gasteiger partial charge in [-0.3, -0.25) is 18.8 Å². The SMILES string of the molecule is CC(C)n1c(N2CCN(CCC3(Oc4ccc(C#N)cc4)CCCC3)CC2)cc(=O)n(C(C)C)c1=O. The highest BCUT2D eigenvalue weighted by Crippen LogP contribution is 2.37. The Balaban J connectivity index is 1.41. The van der Waals surface area contributed by atoms with Gasteiger partial charge in [-0.2, -0.15) is 5.26 Å². The molecule has 2 heterocycles. The van der Waals surface area contributed by atoms with Gasteiger partial charge in [-0.15, -0.1) is 0 Å². The standard InChI is InChI=1S/C28H39N5O3/c1-21(2)32-25(19-26(34)33(22(3)4)27(32)35)31-17-15-30(16-18-31)14-13-28(11-5-6-12-28)36-24-9-7-23(20-29)8-10-24/h7-10,19,21-22H,5-6,11-18H2,1-4H3. The van der Waals surface area contributed by atoms with E-state index in [1.165, 1.54) is 17.4 Å². The van der Waals surface area contributed by atoms with Crippen molar-refractivity contribution in [2.24, 2.45) is 0 Å². The molecule has 8 heteroatoms. The largest absolute Gasteiger partial charge is 0.487 e. The summed E-state index contributed by atoms with van der Waals surface area (Å²) in [7, 11) is 0. The van der Waals surface area contributed by atoms with Crippen LogP contribution in [0.5, 0.6) is 5.75 Å². The Bertz CT molecular complexity index is 1190. The molecule has 2 aliphatic rings. The molecule has 1 aromatic heterocycles. The summed E-state index contributed by atoms with van der Waals surface area (Å²) in [5.74, 6) is 1.57. The van der Waals surface area contributed by atoms with Crippen molar-refractivity contribution in [3.05, 3.63) is 56.7 Å². The number of benzene rings is 1. The van der Waals surface area contributed by atoms with E-state index in [1.807, 2.05) is 52.0 Å². The Morgan fingerprint density at radius 1 is 0.944 bits per heavy atom. The number of nitriles is 1. The summed E-state index contributed by atoms with van der Waals surface area (Å²) < 4.78 is 9.62. The molecule has 36 heavy (non-hydrogen) atoms. The second-order valence-corrected chi connectivity index (χ2v) is 10.8. The Morgan fingerprint density at radius 2 is 1.56 bits per heavy atom. The van der Waals surface area contributed by atoms with Crippen molar-refractivity contribution in [3.8, 4) is 11.8 Å². The number of piperazine rings is 1. The summed E-state index contributed by atoms with van der Waals surface area (Å²) in [6.07, 6.45) is 5.44. The van der Waals surface area contributed by atoms with Crippen molar-refractivity contribution in [1.29, 1.82) is 5.26 Å². The molecule has 194 valence electrons. The fraction of sp³-hybridized carbons (Fsp3) is 0.607. The van der Waals surface area contributed by atoms with Crippen molar-refractivity contribution < 1.29 is 4.74 Å². The lowest BCUT2D eigenvalue weighted by Crippen LogP contribution is -2.51. The highest BCUT2D eigenvalue weighted by Gasteiger charge is 2.36. The first-order valence-corrected chi connectivity index (χ1v) is 13.3. The van der Waals surface area contributed by atoms with Crippen LogP contribution in [0.15, 0.2) is 39.9 Å². The highest BCUT2D eigenvalue weighted by atomic mass is 16.5. The number of nitrogens with zero attached hydrogens (tertiary/aromatic N) is 5. The molecule has 1 aliphatic carbocycles. The molecule has 0 bridgehead atoms. The van der Waals surface area contributed by atoms with Crippen LogP contribution in [0, 0.1) is 11.3 Å². The smallest absolute Gasteiger partial charge is 0.333 e. The predicted molar refractivity (Wildman–Crippen MR) is 142 cm³/mol. The highest BCUT2D eigenvalue weighted by molar-refractivity contribution is 5.40. The zero-order valence-corrected chi connectivity index (χ0v) is 22.1. The molecular weight excluding hydrogens is 454 g/mol. The molecule has 8 nitrogen and oxygen atoms in total. The first-order chi connectivity index (χ1) is 17.2. The molecule has 0 N–H and O–H groups in total. The molecule has 0 atom stereocenters. The van der Waals surface area contributed by atoms with Gasteiger partial charge in [0.1, 0.15) is 17.2 Å². The van der Waals surface area contributed by atoms with E-state index in [4.69, 9.17) is 10.00 Å². The first-order valence-electron chi connectivity index (χ1n) is 13.3. The molecule has 4 rings (SSSR count). The summed E-state index contributed by atoms with van der Waals surface area (Å²) in [6.45, 7) is 12.0. The van der Waals surface area contributed by atoms with Crippen LogP contribution < -0.4 is 20.9 Å². The molecule has 0 unspecified atom stereocenters. The van der Waals surface area contributed by atoms with Crippen molar-refractivity contribution >= 4 is 5.82 Å². The van der Waals surface area contributed by atoms with E-state index in [0.29, 0.717) is 5.56 Å². The van der Waals surface area contributed by atoms with Crippen LogP contribution in [0.25, 0.3) is 0 Å². The molecule has 1 saturated heterocycles. The van der Waals surface area contributed by atoms with Gasteiger partial charge >= 0.3 is 5.69 Å². The molecule has 2 fully saturated rings. The summed E-state index contributed by atoms with van der Waals surface area (Å²) >= 11 is 0. The Kier molecular flexibility index (Phi) is 7.89. The van der Waals surface area contributed by atoms with Gasteiger partial charge in [0, 0.05) is 50.9 Å². The van der Waals surface area contributed by atoms with Gasteiger partial charge in [0.05, 0.1) is 11.6 Å². The number of anilines is 1. The fourth-order valence-electron chi connectivity index (χ4n) is 5.59. The van der Waals surface area contributed by atoms with Crippen LogP contribution in [0.1, 0.15) is 77.4 Å². The van der Waals surface area contributed by atoms with Crippen molar-refractivity contribution in [1.82, 2.24) is 14.0 Å². The lowest BCUT2D eigenvalue weighted by atomic mass is 9.96. The van der Waals surface area contributed by atoms with E-state index in [1.54, 1.807) is 10.6 Å². The van der Waals surface area contributed by atoms with Gasteiger partial charge in [-0.05, 0) is 84.1 Å². The average molecular weight is 494 g/mol. The zero-order chi connectivity index (χ0) is 25.9. The minimum atomic E-state index is -0.229. The maximum absolute atomic E-state index is 13.1. The fourth-order valence-corrected chi connectivity index (χ4v) is 5.59. The third kappa shape index (κ3) is 5.52. The minimum absolute atomic E-state index is 0.0299. The topological polar surface area (TPSA) is 83.5 Å². The van der Waals surface area contributed by atoms with E-state index in [-0.39, 0.29) is 28.9 Å². The first kappa shape index (κ1) is 26.0. The Labute approximate surface area is 213 Å². The minimum Gasteiger partial charge on any atom is -0.487 e. The zero-order valence-electron chi connectivity index (χ0n) is 22.1. The molecule has 1 aromatic carbocycles. The average Bonchev–Trinajstić information content (AvgIpc) is 3.31. The van der Waals surface area contributed by atoms with Gasteiger partial charge in [0.2, 0.25) is 0 Å². The number of hydrogen-bond donors (Lipinski definition) is 0. The van der Waals surface area contributed by atoms with Crippen LogP contribution in [-0.2, 0) is 0 Å². The Hall–Kier alpha value is -3.05. The number of ether oxygens (including phenoxy) is 1. The molecule has 1 saturated carbocycles. The predicted octanol–water partition coefficient (Wildman–Crippen LogP) is 3.95. The lowest BCUT2D eigenvalue weighted by molar-refractivity contribution is 0.0530. The summed E-state index contributed by atoms with van der Waals surface area (Å²) in [6, 6.07) is 11.0. The second-order valence-electron chi connectivity index (χ2n) is 10.8. The van der Waals surface area contributed by atoms with Crippen LogP contribution in [0.4, 0.5) is 5.82 Å². The normalized spacial score (nSPS) is 18.1. The molecule has 0 amide bonds. The van der Waals surface area contributed by atoms with Gasteiger partial charge in [-0.25, -0.2) is 4.79 Å². The third-order valence-electron chi connectivity index (χ3n) is 7.59. The van der Waals surface area contributed by atoms with Gasteiger partial charge in [-0.1, -0.05) is 0 Å². The second kappa shape index (κ2) is 10.9. The molecule has 2 aromatic rings. The Morgan fingerprint density at radius 3 is 2.11 bits per heavy atom. The van der Waals surface area contributed by atoms with Crippen molar-refractivity contribution in [2.75, 3.05) is 37.6 Å². The molecule has 1 aliphatic heterocycles. The summed E-state index contributed by atoms with van der Waals surface area (Å²) in [5, 5.41) is 9.05.